The summed E-state index contributed by atoms with van der Waals surface area (Å²) in [5.74, 6) is 2.40. The van der Waals surface area contributed by atoms with E-state index in [2.05, 4.69) is 27.1 Å². The molecule has 0 aliphatic carbocycles. The van der Waals surface area contributed by atoms with E-state index in [0.29, 0.717) is 12.5 Å². The average Bonchev–Trinajstić information content (AvgIpc) is 2.49. The number of hydrogen-bond donors (Lipinski definition) is 1. The molecule has 21 heavy (non-hydrogen) atoms. The molecule has 2 heterocycles. The second-order valence-electron chi connectivity index (χ2n) is 5.53. The highest BCUT2D eigenvalue weighted by atomic mass is 16.5. The van der Waals surface area contributed by atoms with Gasteiger partial charge < -0.3 is 15.0 Å². The lowest BCUT2D eigenvalue weighted by molar-refractivity contribution is 0.266. The minimum Gasteiger partial charge on any atom is -0.478 e. The van der Waals surface area contributed by atoms with Crippen molar-refractivity contribution in [2.45, 2.75) is 33.2 Å². The lowest BCUT2D eigenvalue weighted by Crippen LogP contribution is -2.45. The Morgan fingerprint density at radius 3 is 3.14 bits per heavy atom. The van der Waals surface area contributed by atoms with Crippen molar-refractivity contribution in [2.75, 3.05) is 26.7 Å². The molecule has 1 atom stereocenters. The van der Waals surface area contributed by atoms with Crippen LogP contribution in [0.5, 0.6) is 5.88 Å². The minimum atomic E-state index is 0.636. The fourth-order valence-corrected chi connectivity index (χ4v) is 2.68. The number of aromatic nitrogens is 1. The van der Waals surface area contributed by atoms with Gasteiger partial charge in [-0.3, -0.25) is 4.99 Å². The smallest absolute Gasteiger partial charge is 0.213 e. The van der Waals surface area contributed by atoms with E-state index in [9.17, 15) is 0 Å². The van der Waals surface area contributed by atoms with Crippen LogP contribution in [0.15, 0.2) is 23.3 Å². The first-order valence-corrected chi connectivity index (χ1v) is 7.76. The van der Waals surface area contributed by atoms with Gasteiger partial charge in [-0.1, -0.05) is 6.92 Å². The number of nitrogens with one attached hydrogen (secondary N) is 1. The quantitative estimate of drug-likeness (QED) is 0.683. The predicted octanol–water partition coefficient (Wildman–Crippen LogP) is 2.29. The molecule has 1 N–H and O–H groups in total. The molecule has 2 rings (SSSR count). The molecule has 1 fully saturated rings. The molecular weight excluding hydrogens is 264 g/mol. The van der Waals surface area contributed by atoms with Gasteiger partial charge in [0.2, 0.25) is 5.88 Å². The molecule has 0 saturated carbocycles. The average molecular weight is 290 g/mol. The van der Waals surface area contributed by atoms with Gasteiger partial charge in [0.05, 0.1) is 6.61 Å². The Bertz CT molecular complexity index is 475. The summed E-state index contributed by atoms with van der Waals surface area (Å²) >= 11 is 0. The molecule has 0 aromatic carbocycles. The number of piperidine rings is 1. The van der Waals surface area contributed by atoms with Crippen LogP contribution in [0.4, 0.5) is 0 Å². The van der Waals surface area contributed by atoms with E-state index in [1.54, 1.807) is 6.20 Å². The molecule has 0 radical (unpaired) electrons. The number of ether oxygens (including phenoxy) is 1. The normalized spacial score (nSPS) is 19.5. The fraction of sp³-hybridized carbons (Fsp3) is 0.625. The topological polar surface area (TPSA) is 49.8 Å². The largest absolute Gasteiger partial charge is 0.478 e. The third-order valence-electron chi connectivity index (χ3n) is 3.71. The van der Waals surface area contributed by atoms with E-state index in [0.717, 1.165) is 37.1 Å². The Kier molecular flexibility index (Phi) is 5.84. The maximum atomic E-state index is 5.43. The van der Waals surface area contributed by atoms with Gasteiger partial charge in [-0.25, -0.2) is 4.98 Å². The van der Waals surface area contributed by atoms with Gasteiger partial charge in [0, 0.05) is 38.9 Å². The van der Waals surface area contributed by atoms with Gasteiger partial charge >= 0.3 is 0 Å². The van der Waals surface area contributed by atoms with Gasteiger partial charge in [0.1, 0.15) is 0 Å². The summed E-state index contributed by atoms with van der Waals surface area (Å²) in [5.41, 5.74) is 1.15. The van der Waals surface area contributed by atoms with Crippen LogP contribution in [0.1, 0.15) is 32.3 Å². The van der Waals surface area contributed by atoms with Crippen molar-refractivity contribution >= 4 is 5.96 Å². The summed E-state index contributed by atoms with van der Waals surface area (Å²) in [6.45, 7) is 7.81. The van der Waals surface area contributed by atoms with E-state index in [1.807, 2.05) is 26.1 Å². The molecule has 1 aliphatic rings. The molecule has 5 nitrogen and oxygen atoms in total. The number of likely N-dealkylation sites (tertiary alicyclic amines) is 1. The fourth-order valence-electron chi connectivity index (χ4n) is 2.68. The second kappa shape index (κ2) is 7.86. The first-order chi connectivity index (χ1) is 10.2. The van der Waals surface area contributed by atoms with Gasteiger partial charge in [0.25, 0.3) is 0 Å². The molecule has 0 spiro atoms. The maximum Gasteiger partial charge on any atom is 0.213 e. The SMILES string of the molecule is CCOc1cc(CNC(=NC)N2CCCC(C)C2)ccn1. The Morgan fingerprint density at radius 1 is 1.57 bits per heavy atom. The van der Waals surface area contributed by atoms with Crippen molar-refractivity contribution in [3.05, 3.63) is 23.9 Å². The lowest BCUT2D eigenvalue weighted by atomic mass is 10.0. The molecule has 1 aromatic rings. The summed E-state index contributed by atoms with van der Waals surface area (Å²) in [6, 6.07) is 3.98. The first-order valence-electron chi connectivity index (χ1n) is 7.76. The van der Waals surface area contributed by atoms with E-state index >= 15 is 0 Å². The zero-order chi connectivity index (χ0) is 15.1. The Labute approximate surface area is 127 Å². The van der Waals surface area contributed by atoms with Crippen LogP contribution in [0.25, 0.3) is 0 Å². The van der Waals surface area contributed by atoms with Crippen molar-refractivity contribution in [3.63, 3.8) is 0 Å². The summed E-state index contributed by atoms with van der Waals surface area (Å²) in [5, 5.41) is 3.44. The summed E-state index contributed by atoms with van der Waals surface area (Å²) < 4.78 is 5.43. The molecule has 0 bridgehead atoms. The number of aliphatic imine (C=N–C) groups is 1. The summed E-state index contributed by atoms with van der Waals surface area (Å²) in [4.78, 5) is 10.9. The van der Waals surface area contributed by atoms with Gasteiger partial charge in [-0.05, 0) is 37.3 Å². The molecule has 1 saturated heterocycles. The van der Waals surface area contributed by atoms with Crippen molar-refractivity contribution in [3.8, 4) is 5.88 Å². The highest BCUT2D eigenvalue weighted by Gasteiger charge is 2.18. The number of nitrogens with zero attached hydrogens (tertiary/aromatic N) is 3. The number of guanidine groups is 1. The molecule has 1 aromatic heterocycles. The lowest BCUT2D eigenvalue weighted by Gasteiger charge is -2.33. The second-order valence-corrected chi connectivity index (χ2v) is 5.53. The van der Waals surface area contributed by atoms with Gasteiger partial charge in [0.15, 0.2) is 5.96 Å². The van der Waals surface area contributed by atoms with Crippen LogP contribution < -0.4 is 10.1 Å². The Balaban J connectivity index is 1.92. The first kappa shape index (κ1) is 15.6. The molecule has 1 unspecified atom stereocenters. The van der Waals surface area contributed by atoms with E-state index in [1.165, 1.54) is 12.8 Å². The van der Waals surface area contributed by atoms with Crippen LogP contribution in [-0.4, -0.2) is 42.6 Å². The molecule has 5 heteroatoms. The zero-order valence-corrected chi connectivity index (χ0v) is 13.3. The van der Waals surface area contributed by atoms with Crippen molar-refractivity contribution in [1.29, 1.82) is 0 Å². The van der Waals surface area contributed by atoms with Crippen LogP contribution in [0, 0.1) is 5.92 Å². The van der Waals surface area contributed by atoms with Gasteiger partial charge in [-0.2, -0.15) is 0 Å². The highest BCUT2D eigenvalue weighted by molar-refractivity contribution is 5.79. The minimum absolute atomic E-state index is 0.636. The van der Waals surface area contributed by atoms with Gasteiger partial charge in [-0.15, -0.1) is 0 Å². The van der Waals surface area contributed by atoms with Crippen molar-refractivity contribution in [1.82, 2.24) is 15.2 Å². The molecule has 0 amide bonds. The van der Waals surface area contributed by atoms with E-state index in [4.69, 9.17) is 4.74 Å². The predicted molar refractivity (Wildman–Crippen MR) is 85.6 cm³/mol. The number of rotatable bonds is 4. The number of hydrogen-bond acceptors (Lipinski definition) is 3. The van der Waals surface area contributed by atoms with Crippen molar-refractivity contribution in [2.24, 2.45) is 10.9 Å². The van der Waals surface area contributed by atoms with Crippen LogP contribution in [-0.2, 0) is 6.54 Å². The third-order valence-corrected chi connectivity index (χ3v) is 3.71. The Morgan fingerprint density at radius 2 is 2.43 bits per heavy atom. The maximum absolute atomic E-state index is 5.43. The van der Waals surface area contributed by atoms with Crippen LogP contribution in [0.3, 0.4) is 0 Å². The molecular formula is C16H26N4O. The van der Waals surface area contributed by atoms with Crippen LogP contribution >= 0.6 is 0 Å². The summed E-state index contributed by atoms with van der Waals surface area (Å²) in [6.07, 6.45) is 4.34. The molecule has 116 valence electrons. The third kappa shape index (κ3) is 4.62. The Hall–Kier alpha value is -1.78. The van der Waals surface area contributed by atoms with E-state index in [-0.39, 0.29) is 0 Å². The highest BCUT2D eigenvalue weighted by Crippen LogP contribution is 2.15. The monoisotopic (exact) mass is 290 g/mol. The number of pyridine rings is 1. The van der Waals surface area contributed by atoms with E-state index < -0.39 is 0 Å². The summed E-state index contributed by atoms with van der Waals surface area (Å²) in [7, 11) is 1.85. The van der Waals surface area contributed by atoms with Crippen LogP contribution in [0.2, 0.25) is 0 Å². The molecule has 1 aliphatic heterocycles. The van der Waals surface area contributed by atoms with Crippen molar-refractivity contribution < 1.29 is 4.74 Å². The zero-order valence-electron chi connectivity index (χ0n) is 13.3. The standard InChI is InChI=1S/C16H26N4O/c1-4-21-15-10-14(7-8-18-15)11-19-16(17-3)20-9-5-6-13(2)12-20/h7-8,10,13H,4-6,9,11-12H2,1-3H3,(H,17,19).